The molecule has 0 spiro atoms. The molecule has 0 radical (unpaired) electrons. The number of nitrogens with zero attached hydrogens (tertiary/aromatic N) is 4. The van der Waals surface area contributed by atoms with Crippen LogP contribution in [0.5, 0.6) is 0 Å². The molecule has 0 unspecified atom stereocenters. The van der Waals surface area contributed by atoms with Crippen LogP contribution in [0, 0.1) is 0 Å². The molecule has 2 aromatic rings. The van der Waals surface area contributed by atoms with Crippen LogP contribution in [-0.2, 0) is 14.8 Å². The third-order valence-corrected chi connectivity index (χ3v) is 7.04. The van der Waals surface area contributed by atoms with Crippen molar-refractivity contribution >= 4 is 21.7 Å². The van der Waals surface area contributed by atoms with Crippen molar-refractivity contribution in [2.24, 2.45) is 0 Å². The molecule has 0 aliphatic carbocycles. The molecule has 4 rings (SSSR count). The van der Waals surface area contributed by atoms with Crippen molar-refractivity contribution in [2.45, 2.75) is 23.8 Å². The highest BCUT2D eigenvalue weighted by atomic mass is 32.2. The SMILES string of the molecule is O=S(=O)(c1ccccc1)N1CCN(c2ccc(NC[C@H]3CCCO3)nn2)CC1. The highest BCUT2D eigenvalue weighted by molar-refractivity contribution is 7.89. The fraction of sp³-hybridized carbons (Fsp3) is 0.474. The molecule has 1 N–H and O–H groups in total. The molecule has 2 fully saturated rings. The van der Waals surface area contributed by atoms with E-state index >= 15 is 0 Å². The minimum Gasteiger partial charge on any atom is -0.376 e. The first-order chi connectivity index (χ1) is 13.6. The summed E-state index contributed by atoms with van der Waals surface area (Å²) in [6.07, 6.45) is 2.44. The predicted octanol–water partition coefficient (Wildman–Crippen LogP) is 1.58. The van der Waals surface area contributed by atoms with E-state index in [0.29, 0.717) is 31.1 Å². The number of benzene rings is 1. The van der Waals surface area contributed by atoms with Gasteiger partial charge in [0.25, 0.3) is 0 Å². The Kier molecular flexibility index (Phi) is 5.74. The van der Waals surface area contributed by atoms with Gasteiger partial charge in [-0.2, -0.15) is 4.31 Å². The van der Waals surface area contributed by atoms with Crippen LogP contribution in [0.3, 0.4) is 0 Å². The van der Waals surface area contributed by atoms with Gasteiger partial charge in [0.05, 0.1) is 11.0 Å². The molecule has 28 heavy (non-hydrogen) atoms. The number of piperazine rings is 1. The number of ether oxygens (including phenoxy) is 1. The Balaban J connectivity index is 1.32. The summed E-state index contributed by atoms with van der Waals surface area (Å²) < 4.78 is 32.6. The second-order valence-corrected chi connectivity index (χ2v) is 8.93. The lowest BCUT2D eigenvalue weighted by atomic mass is 10.2. The zero-order chi connectivity index (χ0) is 19.4. The molecule has 9 heteroatoms. The van der Waals surface area contributed by atoms with Crippen LogP contribution >= 0.6 is 0 Å². The van der Waals surface area contributed by atoms with Crippen LogP contribution in [0.2, 0.25) is 0 Å². The molecule has 2 aliphatic heterocycles. The first-order valence-electron chi connectivity index (χ1n) is 9.62. The van der Waals surface area contributed by atoms with Crippen molar-refractivity contribution in [1.82, 2.24) is 14.5 Å². The molecule has 1 aromatic heterocycles. The average Bonchev–Trinajstić information content (AvgIpc) is 3.27. The number of hydrogen-bond donors (Lipinski definition) is 1. The van der Waals surface area contributed by atoms with Gasteiger partial charge in [0.1, 0.15) is 5.82 Å². The summed E-state index contributed by atoms with van der Waals surface area (Å²) in [5.74, 6) is 1.49. The van der Waals surface area contributed by atoms with Crippen molar-refractivity contribution < 1.29 is 13.2 Å². The number of nitrogens with one attached hydrogen (secondary N) is 1. The van der Waals surface area contributed by atoms with E-state index in [4.69, 9.17) is 4.74 Å². The highest BCUT2D eigenvalue weighted by Gasteiger charge is 2.28. The van der Waals surface area contributed by atoms with Gasteiger partial charge < -0.3 is 15.0 Å². The Morgan fingerprint density at radius 3 is 2.46 bits per heavy atom. The maximum atomic E-state index is 12.7. The molecule has 0 amide bonds. The Labute approximate surface area is 165 Å². The van der Waals surface area contributed by atoms with E-state index < -0.39 is 10.0 Å². The van der Waals surface area contributed by atoms with Gasteiger partial charge in [0, 0.05) is 39.3 Å². The zero-order valence-corrected chi connectivity index (χ0v) is 16.5. The lowest BCUT2D eigenvalue weighted by molar-refractivity contribution is 0.120. The molecule has 1 aromatic carbocycles. The first-order valence-corrected chi connectivity index (χ1v) is 11.1. The fourth-order valence-electron chi connectivity index (χ4n) is 3.51. The summed E-state index contributed by atoms with van der Waals surface area (Å²) in [6, 6.07) is 12.4. The number of rotatable bonds is 6. The van der Waals surface area contributed by atoms with Crippen LogP contribution in [0.25, 0.3) is 0 Å². The number of hydrogen-bond acceptors (Lipinski definition) is 7. The van der Waals surface area contributed by atoms with E-state index in [1.54, 1.807) is 24.3 Å². The van der Waals surface area contributed by atoms with Gasteiger partial charge in [-0.25, -0.2) is 8.42 Å². The van der Waals surface area contributed by atoms with Gasteiger partial charge in [0.2, 0.25) is 10.0 Å². The van der Waals surface area contributed by atoms with E-state index in [1.165, 1.54) is 4.31 Å². The largest absolute Gasteiger partial charge is 0.376 e. The summed E-state index contributed by atoms with van der Waals surface area (Å²) in [4.78, 5) is 2.40. The zero-order valence-electron chi connectivity index (χ0n) is 15.7. The second-order valence-electron chi connectivity index (χ2n) is 7.00. The minimum atomic E-state index is -3.44. The number of anilines is 2. The Hall–Kier alpha value is -2.23. The standard InChI is InChI=1S/C19H25N5O3S/c25-28(26,17-6-2-1-3-7-17)24-12-10-23(11-13-24)19-9-8-18(21-22-19)20-15-16-5-4-14-27-16/h1-3,6-9,16H,4-5,10-15H2,(H,20,21)/t16-/m1/s1. The lowest BCUT2D eigenvalue weighted by Crippen LogP contribution is -2.49. The topological polar surface area (TPSA) is 87.7 Å². The molecular formula is C19H25N5O3S. The lowest BCUT2D eigenvalue weighted by Gasteiger charge is -2.34. The van der Waals surface area contributed by atoms with Crippen LogP contribution in [-0.4, -0.2) is 68.4 Å². The summed E-state index contributed by atoms with van der Waals surface area (Å²) in [5.41, 5.74) is 0. The molecule has 0 saturated carbocycles. The number of sulfonamides is 1. The maximum Gasteiger partial charge on any atom is 0.243 e. The third-order valence-electron chi connectivity index (χ3n) is 5.13. The monoisotopic (exact) mass is 403 g/mol. The summed E-state index contributed by atoms with van der Waals surface area (Å²) in [7, 11) is -3.44. The third kappa shape index (κ3) is 4.26. The van der Waals surface area contributed by atoms with Gasteiger partial charge in [0.15, 0.2) is 5.82 Å². The molecule has 0 bridgehead atoms. The summed E-state index contributed by atoms with van der Waals surface area (Å²) >= 11 is 0. The molecule has 2 aliphatic rings. The number of aromatic nitrogens is 2. The fourth-order valence-corrected chi connectivity index (χ4v) is 4.95. The predicted molar refractivity (Wildman–Crippen MR) is 107 cm³/mol. The van der Waals surface area contributed by atoms with E-state index in [0.717, 1.165) is 37.6 Å². The van der Waals surface area contributed by atoms with Crippen molar-refractivity contribution in [3.63, 3.8) is 0 Å². The quantitative estimate of drug-likeness (QED) is 0.783. The van der Waals surface area contributed by atoms with Crippen LogP contribution < -0.4 is 10.2 Å². The van der Waals surface area contributed by atoms with Crippen LogP contribution in [0.15, 0.2) is 47.4 Å². The van der Waals surface area contributed by atoms with E-state index in [-0.39, 0.29) is 6.10 Å². The van der Waals surface area contributed by atoms with Gasteiger partial charge in [-0.3, -0.25) is 0 Å². The van der Waals surface area contributed by atoms with E-state index in [2.05, 4.69) is 20.4 Å². The Morgan fingerprint density at radius 1 is 1.04 bits per heavy atom. The van der Waals surface area contributed by atoms with Crippen molar-refractivity contribution in [3.8, 4) is 0 Å². The second kappa shape index (κ2) is 8.42. The van der Waals surface area contributed by atoms with Gasteiger partial charge >= 0.3 is 0 Å². The van der Waals surface area contributed by atoms with Gasteiger partial charge in [-0.05, 0) is 37.1 Å². The highest BCUT2D eigenvalue weighted by Crippen LogP contribution is 2.20. The first kappa shape index (κ1) is 19.1. The van der Waals surface area contributed by atoms with Crippen LogP contribution in [0.4, 0.5) is 11.6 Å². The molecule has 2 saturated heterocycles. The van der Waals surface area contributed by atoms with Gasteiger partial charge in [-0.15, -0.1) is 10.2 Å². The van der Waals surface area contributed by atoms with E-state index in [1.807, 2.05) is 18.2 Å². The molecular weight excluding hydrogens is 378 g/mol. The molecule has 8 nitrogen and oxygen atoms in total. The van der Waals surface area contributed by atoms with E-state index in [9.17, 15) is 8.42 Å². The van der Waals surface area contributed by atoms with Crippen LogP contribution in [0.1, 0.15) is 12.8 Å². The van der Waals surface area contributed by atoms with Crippen molar-refractivity contribution in [1.29, 1.82) is 0 Å². The summed E-state index contributed by atoms with van der Waals surface area (Å²) in [6.45, 7) is 3.61. The van der Waals surface area contributed by atoms with Crippen molar-refractivity contribution in [3.05, 3.63) is 42.5 Å². The Bertz CT molecular complexity index is 862. The molecule has 3 heterocycles. The van der Waals surface area contributed by atoms with Gasteiger partial charge in [-0.1, -0.05) is 18.2 Å². The molecule has 150 valence electrons. The minimum absolute atomic E-state index is 0.251. The average molecular weight is 404 g/mol. The normalized spacial score (nSPS) is 21.0. The maximum absolute atomic E-state index is 12.7. The van der Waals surface area contributed by atoms with Crippen molar-refractivity contribution in [2.75, 3.05) is 49.5 Å². The Morgan fingerprint density at radius 2 is 1.82 bits per heavy atom. The summed E-state index contributed by atoms with van der Waals surface area (Å²) in [5, 5.41) is 11.8. The smallest absolute Gasteiger partial charge is 0.243 e. The molecule has 1 atom stereocenters.